The lowest BCUT2D eigenvalue weighted by molar-refractivity contribution is -0.139. The molecule has 0 aromatic heterocycles. The van der Waals surface area contributed by atoms with Crippen LogP contribution in [0, 0.1) is 5.92 Å². The van der Waals surface area contributed by atoms with Gasteiger partial charge in [0.2, 0.25) is 0 Å². The minimum absolute atomic E-state index is 0. The molecule has 1 aliphatic carbocycles. The van der Waals surface area contributed by atoms with Crippen molar-refractivity contribution in [2.24, 2.45) is 5.92 Å². The highest BCUT2D eigenvalue weighted by atomic mass is 35.5. The summed E-state index contributed by atoms with van der Waals surface area (Å²) in [5.41, 5.74) is 0.115. The molecular formula is C18H25Cl2F3N2O2. The molecule has 1 aromatic rings. The van der Waals surface area contributed by atoms with Crippen LogP contribution in [0.5, 0.6) is 0 Å². The molecule has 0 bridgehead atoms. The van der Waals surface area contributed by atoms with Crippen LogP contribution < -0.4 is 0 Å². The van der Waals surface area contributed by atoms with Crippen molar-refractivity contribution in [2.45, 2.75) is 38.0 Å². The highest BCUT2D eigenvalue weighted by Gasteiger charge is 2.40. The van der Waals surface area contributed by atoms with Crippen LogP contribution in [0.3, 0.4) is 0 Å². The Hall–Kier alpha value is -1.02. The van der Waals surface area contributed by atoms with Gasteiger partial charge in [-0.2, -0.15) is 13.2 Å². The maximum absolute atomic E-state index is 13.0. The molecule has 3 rings (SSSR count). The van der Waals surface area contributed by atoms with Crippen molar-refractivity contribution in [3.05, 3.63) is 35.4 Å². The van der Waals surface area contributed by atoms with Crippen molar-refractivity contribution in [2.75, 3.05) is 26.2 Å². The summed E-state index contributed by atoms with van der Waals surface area (Å²) in [4.78, 5) is 15.1. The minimum Gasteiger partial charge on any atom is -0.480 e. The largest absolute Gasteiger partial charge is 0.480 e. The third-order valence-corrected chi connectivity index (χ3v) is 5.15. The second kappa shape index (κ2) is 9.45. The second-order valence-electron chi connectivity index (χ2n) is 7.11. The Labute approximate surface area is 169 Å². The van der Waals surface area contributed by atoms with Crippen molar-refractivity contribution in [3.63, 3.8) is 0 Å². The number of hydrogen-bond donors (Lipinski definition) is 1. The van der Waals surface area contributed by atoms with E-state index in [1.165, 1.54) is 12.1 Å². The number of carboxylic acid groups (broad SMARTS) is 1. The zero-order chi connectivity index (χ0) is 18.2. The van der Waals surface area contributed by atoms with Gasteiger partial charge in [0, 0.05) is 31.7 Å². The summed E-state index contributed by atoms with van der Waals surface area (Å²) in [6.45, 7) is 3.95. The number of rotatable bonds is 5. The minimum atomic E-state index is -4.34. The van der Waals surface area contributed by atoms with Crippen LogP contribution in [-0.2, 0) is 11.0 Å². The van der Waals surface area contributed by atoms with Gasteiger partial charge in [0.25, 0.3) is 0 Å². The Morgan fingerprint density at radius 3 is 2.44 bits per heavy atom. The number of alkyl halides is 3. The molecule has 1 aromatic carbocycles. The SMILES string of the molecule is CC1CN(C(c2cccc(C(F)(F)F)c2)C2CC2)CCN1CC(=O)O.Cl.Cl. The summed E-state index contributed by atoms with van der Waals surface area (Å²) >= 11 is 0. The van der Waals surface area contributed by atoms with Gasteiger partial charge in [-0.3, -0.25) is 14.6 Å². The first-order valence-corrected chi connectivity index (χ1v) is 8.63. The Kier molecular flexibility index (Phi) is 8.41. The van der Waals surface area contributed by atoms with Crippen LogP contribution in [0.25, 0.3) is 0 Å². The van der Waals surface area contributed by atoms with Crippen LogP contribution in [0.2, 0.25) is 0 Å². The lowest BCUT2D eigenvalue weighted by atomic mass is 9.96. The summed E-state index contributed by atoms with van der Waals surface area (Å²) in [5.74, 6) is -0.460. The third kappa shape index (κ3) is 5.98. The van der Waals surface area contributed by atoms with E-state index in [0.29, 0.717) is 25.6 Å². The Balaban J connectivity index is 0.00000182. The molecule has 154 valence electrons. The normalized spacial score (nSPS) is 22.4. The van der Waals surface area contributed by atoms with Crippen LogP contribution >= 0.6 is 24.8 Å². The number of aliphatic carboxylic acids is 1. The van der Waals surface area contributed by atoms with Crippen LogP contribution in [-0.4, -0.2) is 53.1 Å². The third-order valence-electron chi connectivity index (χ3n) is 5.15. The first-order valence-electron chi connectivity index (χ1n) is 8.63. The Bertz CT molecular complexity index is 641. The lowest BCUT2D eigenvalue weighted by Crippen LogP contribution is -2.54. The van der Waals surface area contributed by atoms with Gasteiger partial charge >= 0.3 is 12.1 Å². The average molecular weight is 429 g/mol. The van der Waals surface area contributed by atoms with E-state index < -0.39 is 17.7 Å². The molecule has 1 heterocycles. The van der Waals surface area contributed by atoms with Gasteiger partial charge in [-0.1, -0.05) is 12.1 Å². The van der Waals surface area contributed by atoms with E-state index >= 15 is 0 Å². The van der Waals surface area contributed by atoms with Crippen molar-refractivity contribution < 1.29 is 23.1 Å². The van der Waals surface area contributed by atoms with Crippen LogP contribution in [0.4, 0.5) is 13.2 Å². The summed E-state index contributed by atoms with van der Waals surface area (Å²) < 4.78 is 39.1. The highest BCUT2D eigenvalue weighted by Crippen LogP contribution is 2.46. The predicted molar refractivity (Wildman–Crippen MR) is 102 cm³/mol. The summed E-state index contributed by atoms with van der Waals surface area (Å²) in [7, 11) is 0. The molecular weight excluding hydrogens is 404 g/mol. The predicted octanol–water partition coefficient (Wildman–Crippen LogP) is 4.09. The van der Waals surface area contributed by atoms with Gasteiger partial charge in [-0.25, -0.2) is 0 Å². The van der Waals surface area contributed by atoms with E-state index in [9.17, 15) is 18.0 Å². The molecule has 0 amide bonds. The first-order chi connectivity index (χ1) is 11.8. The first kappa shape index (κ1) is 24.0. The molecule has 2 aliphatic rings. The standard InChI is InChI=1S/C18H23F3N2O2.2ClH/c1-12-10-23(8-7-22(12)11-16(24)25)17(13-5-6-13)14-3-2-4-15(9-14)18(19,20)21;;/h2-4,9,12-13,17H,5-8,10-11H2,1H3,(H,24,25);2*1H. The van der Waals surface area contributed by atoms with E-state index in [1.807, 2.05) is 11.8 Å². The number of hydrogen-bond acceptors (Lipinski definition) is 3. The monoisotopic (exact) mass is 428 g/mol. The maximum Gasteiger partial charge on any atom is 0.416 e. The number of carbonyl (C=O) groups is 1. The van der Waals surface area contributed by atoms with Gasteiger partial charge in [-0.05, 0) is 43.4 Å². The van der Waals surface area contributed by atoms with E-state index in [4.69, 9.17) is 5.11 Å². The molecule has 2 fully saturated rings. The zero-order valence-electron chi connectivity index (χ0n) is 15.0. The van der Waals surface area contributed by atoms with E-state index in [2.05, 4.69) is 4.90 Å². The number of nitrogens with zero attached hydrogens (tertiary/aromatic N) is 2. The Morgan fingerprint density at radius 1 is 1.26 bits per heavy atom. The maximum atomic E-state index is 13.0. The molecule has 0 spiro atoms. The molecule has 1 N–H and O–H groups in total. The second-order valence-corrected chi connectivity index (χ2v) is 7.11. The lowest BCUT2D eigenvalue weighted by Gasteiger charge is -2.43. The van der Waals surface area contributed by atoms with Crippen molar-refractivity contribution >= 4 is 30.8 Å². The number of piperazine rings is 1. The highest BCUT2D eigenvalue weighted by molar-refractivity contribution is 5.85. The molecule has 1 aliphatic heterocycles. The van der Waals surface area contributed by atoms with Crippen LogP contribution in [0.1, 0.15) is 36.9 Å². The molecule has 9 heteroatoms. The number of halogens is 5. The van der Waals surface area contributed by atoms with Gasteiger partial charge in [0.05, 0.1) is 12.1 Å². The average Bonchev–Trinajstić information content (AvgIpc) is 3.34. The fourth-order valence-electron chi connectivity index (χ4n) is 3.78. The fourth-order valence-corrected chi connectivity index (χ4v) is 3.78. The Morgan fingerprint density at radius 2 is 1.93 bits per heavy atom. The summed E-state index contributed by atoms with van der Waals surface area (Å²) in [6.07, 6.45) is -2.27. The van der Waals surface area contributed by atoms with Crippen LogP contribution in [0.15, 0.2) is 24.3 Å². The van der Waals surface area contributed by atoms with Crippen molar-refractivity contribution in [1.29, 1.82) is 0 Å². The summed E-state index contributed by atoms with van der Waals surface area (Å²) in [5, 5.41) is 8.98. The molecule has 1 saturated carbocycles. The molecule has 2 atom stereocenters. The van der Waals surface area contributed by atoms with Crippen molar-refractivity contribution in [3.8, 4) is 0 Å². The fraction of sp³-hybridized carbons (Fsp3) is 0.611. The topological polar surface area (TPSA) is 43.8 Å². The van der Waals surface area contributed by atoms with Crippen molar-refractivity contribution in [1.82, 2.24) is 9.80 Å². The number of benzene rings is 1. The quantitative estimate of drug-likeness (QED) is 0.766. The molecule has 27 heavy (non-hydrogen) atoms. The van der Waals surface area contributed by atoms with Gasteiger partial charge in [0.15, 0.2) is 0 Å². The van der Waals surface area contributed by atoms with Gasteiger partial charge < -0.3 is 5.11 Å². The van der Waals surface area contributed by atoms with E-state index in [0.717, 1.165) is 24.5 Å². The van der Waals surface area contributed by atoms with Gasteiger partial charge in [-0.15, -0.1) is 24.8 Å². The molecule has 1 saturated heterocycles. The zero-order valence-corrected chi connectivity index (χ0v) is 16.6. The molecule has 4 nitrogen and oxygen atoms in total. The molecule has 0 radical (unpaired) electrons. The smallest absolute Gasteiger partial charge is 0.416 e. The number of carboxylic acids is 1. The summed E-state index contributed by atoms with van der Waals surface area (Å²) in [6, 6.07) is 5.70. The van der Waals surface area contributed by atoms with E-state index in [-0.39, 0.29) is 43.4 Å². The molecule has 2 unspecified atom stereocenters. The van der Waals surface area contributed by atoms with Gasteiger partial charge in [0.1, 0.15) is 0 Å². The van der Waals surface area contributed by atoms with E-state index in [1.54, 1.807) is 6.07 Å².